The average Bonchev–Trinajstić information content (AvgIpc) is 1.56. The van der Waals surface area contributed by atoms with E-state index in [-0.39, 0.29) is 120 Å². The maximum atomic E-state index is 14.2. The molecule has 18 nitrogen and oxygen atoms in total. The van der Waals surface area contributed by atoms with Gasteiger partial charge in [-0.25, -0.2) is 67.7 Å². The van der Waals surface area contributed by atoms with Crippen molar-refractivity contribution in [3.05, 3.63) is 214 Å². The lowest BCUT2D eigenvalue weighted by Crippen LogP contribution is -2.47. The number of aliphatic imine (C=N–C) groups is 3. The van der Waals surface area contributed by atoms with Crippen molar-refractivity contribution in [1.82, 2.24) is 5.48 Å². The number of nitrogens with zero attached hydrogens (tertiary/aromatic N) is 5. The minimum absolute atomic E-state index is 0.00556. The van der Waals surface area contributed by atoms with E-state index in [0.29, 0.717) is 53.8 Å². The summed E-state index contributed by atoms with van der Waals surface area (Å²) in [5, 5.41) is 24.5. The van der Waals surface area contributed by atoms with E-state index >= 15 is 0 Å². The molecule has 17 atom stereocenters. The number of halogens is 17. The molecule has 0 radical (unpaired) electrons. The summed E-state index contributed by atoms with van der Waals surface area (Å²) >= 11 is 30.1. The molecule has 6 saturated carbocycles. The zero-order chi connectivity index (χ0) is 76.3. The molecule has 5 heterocycles. The first-order valence-corrected chi connectivity index (χ1v) is 34.9. The number of alkyl halides is 12. The van der Waals surface area contributed by atoms with Gasteiger partial charge in [-0.15, -0.1) is 0 Å². The first-order valence-electron chi connectivity index (χ1n) is 33.0. The van der Waals surface area contributed by atoms with E-state index in [1.807, 2.05) is 0 Å². The first-order chi connectivity index (χ1) is 50.4. The quantitative estimate of drug-likeness (QED) is 0.0261. The Morgan fingerprint density at radius 1 is 0.557 bits per heavy atom. The van der Waals surface area contributed by atoms with Gasteiger partial charge in [0.15, 0.2) is 28.3 Å². The highest BCUT2D eigenvalue weighted by atomic mass is 35.5. The van der Waals surface area contributed by atoms with Crippen molar-refractivity contribution in [1.29, 1.82) is 0 Å². The Balaban J connectivity index is 0.000000122. The van der Waals surface area contributed by atoms with Crippen LogP contribution in [0.1, 0.15) is 83.1 Å². The molecule has 566 valence electrons. The van der Waals surface area contributed by atoms with Crippen LogP contribution in [0.3, 0.4) is 0 Å². The molecule has 11 aliphatic rings. The SMILES string of the molecule is FC(F)C1=NOC2CC12.FC(F)[C@]1(c2ccccc2Cl)NO[C@@H]2C[C@@H]21.NC1=N[C@@](c2cc([N+](=O)[O-])ccc2Cl)(C(F)F)[C@H]2CC2O1.NC1=N[C@@](c2ccccc2Cl)(C(F)F)[C@H]2CC2O1.N[C@@](c1ccccc1Cl)(C(F)F)[C@H]1CC1O.O=C(CC1=N[C@@](c2ccccc2Cl)(C(F)F)[C@H]2CC2O1)c1ccccc1. The predicted octanol–water partition coefficient (Wildman–Crippen LogP) is 15.8. The van der Waals surface area contributed by atoms with Crippen molar-refractivity contribution in [2.45, 2.75) is 148 Å². The van der Waals surface area contributed by atoms with Crippen LogP contribution in [0.15, 0.2) is 166 Å². The van der Waals surface area contributed by atoms with Crippen LogP contribution in [0.25, 0.3) is 0 Å². The summed E-state index contributed by atoms with van der Waals surface area (Å²) in [6, 6.07) is 37.6. The number of aliphatic hydroxyl groups excluding tert-OH is 1. The summed E-state index contributed by atoms with van der Waals surface area (Å²) in [6.07, 6.45) is -15.0. The second kappa shape index (κ2) is 30.8. The van der Waals surface area contributed by atoms with E-state index in [0.717, 1.165) is 18.6 Å². The number of Topliss-reactive ketones (excluding diaryl/α,β-unsaturated/α-hetero) is 1. The van der Waals surface area contributed by atoms with E-state index in [1.165, 1.54) is 18.2 Å². The molecule has 35 heteroatoms. The van der Waals surface area contributed by atoms with Crippen LogP contribution in [-0.2, 0) is 51.6 Å². The number of hydrogen-bond acceptors (Lipinski definition) is 17. The molecule has 8 N–H and O–H groups in total. The van der Waals surface area contributed by atoms with E-state index < -0.39 is 101 Å². The average molecular weight is 1590 g/mol. The van der Waals surface area contributed by atoms with Crippen molar-refractivity contribution in [2.24, 2.45) is 72.8 Å². The maximum absolute atomic E-state index is 14.2. The zero-order valence-electron chi connectivity index (χ0n) is 54.8. The minimum atomic E-state index is -2.91. The number of hydrogen-bond donors (Lipinski definition) is 5. The highest BCUT2D eigenvalue weighted by Gasteiger charge is 2.68. The molecule has 17 rings (SSSR count). The number of ketones is 1. The molecule has 7 fully saturated rings. The van der Waals surface area contributed by atoms with Crippen LogP contribution in [0.2, 0.25) is 25.1 Å². The zero-order valence-corrected chi connectivity index (χ0v) is 58.6. The van der Waals surface area contributed by atoms with Gasteiger partial charge in [0, 0.05) is 95.0 Å². The fourth-order valence-corrected chi connectivity index (χ4v) is 15.7. The molecule has 6 aromatic carbocycles. The molecule has 106 heavy (non-hydrogen) atoms. The second-order valence-electron chi connectivity index (χ2n) is 26.8. The number of nitrogens with two attached hydrogens (primary N) is 3. The molecule has 5 aliphatic heterocycles. The summed E-state index contributed by atoms with van der Waals surface area (Å²) in [5.41, 5.74) is 11.8. The van der Waals surface area contributed by atoms with E-state index in [4.69, 9.17) is 94.3 Å². The van der Waals surface area contributed by atoms with E-state index in [1.54, 1.807) is 115 Å². The number of hydroxylamine groups is 1. The van der Waals surface area contributed by atoms with Gasteiger partial charge < -0.3 is 41.4 Å². The van der Waals surface area contributed by atoms with Gasteiger partial charge in [-0.2, -0.15) is 5.48 Å². The molecule has 6 aliphatic carbocycles. The molecular weight excluding hydrogens is 1530 g/mol. The van der Waals surface area contributed by atoms with Crippen molar-refractivity contribution in [3.63, 3.8) is 0 Å². The van der Waals surface area contributed by atoms with Gasteiger partial charge in [0.25, 0.3) is 56.3 Å². The molecule has 0 aromatic heterocycles. The Kier molecular flexibility index (Phi) is 22.6. The highest BCUT2D eigenvalue weighted by Crippen LogP contribution is 2.61. The monoisotopic (exact) mass is 1590 g/mol. The molecule has 0 spiro atoms. The van der Waals surface area contributed by atoms with Crippen molar-refractivity contribution >= 4 is 93.1 Å². The summed E-state index contributed by atoms with van der Waals surface area (Å²) in [7, 11) is 0. The number of carbonyl (C=O) groups excluding carboxylic acids is 1. The third-order valence-corrected chi connectivity index (χ3v) is 21.9. The van der Waals surface area contributed by atoms with Crippen molar-refractivity contribution in [3.8, 4) is 0 Å². The van der Waals surface area contributed by atoms with Crippen molar-refractivity contribution in [2.75, 3.05) is 0 Å². The Morgan fingerprint density at radius 2 is 1.01 bits per heavy atom. The van der Waals surface area contributed by atoms with Gasteiger partial charge in [-0.05, 0) is 80.0 Å². The second-order valence-corrected chi connectivity index (χ2v) is 28.8. The normalized spacial score (nSPS) is 31.2. The number of nitrogens with one attached hydrogen (secondary N) is 1. The summed E-state index contributed by atoms with van der Waals surface area (Å²) in [6.45, 7) is 0. The Hall–Kier alpha value is -7.68. The number of amidine groups is 2. The molecule has 1 saturated heterocycles. The number of carbonyl (C=O) groups is 1. The Morgan fingerprint density at radius 3 is 1.42 bits per heavy atom. The number of non-ortho nitro benzene ring substituents is 1. The van der Waals surface area contributed by atoms with Crippen molar-refractivity contribution < 1.29 is 91.4 Å². The molecular formula is C71H64Cl5F12N9O9. The number of rotatable bonds is 16. The minimum Gasteiger partial charge on any atom is -0.477 e. The number of nitro groups is 1. The topological polar surface area (TPSA) is 266 Å². The lowest BCUT2D eigenvalue weighted by Gasteiger charge is -2.34. The Labute approximate surface area is 621 Å². The highest BCUT2D eigenvalue weighted by molar-refractivity contribution is 6.33. The number of fused-ring (bicyclic) bond motifs is 5. The van der Waals surface area contributed by atoms with Gasteiger partial charge in [0.05, 0.1) is 23.6 Å². The van der Waals surface area contributed by atoms with Gasteiger partial charge in [-0.3, -0.25) is 19.7 Å². The van der Waals surface area contributed by atoms with E-state index in [2.05, 4.69) is 30.5 Å². The van der Waals surface area contributed by atoms with Crippen LogP contribution >= 0.6 is 58.0 Å². The van der Waals surface area contributed by atoms with Gasteiger partial charge in [0.1, 0.15) is 41.2 Å². The fraction of sp³-hybridized carbons (Fsp3) is 0.423. The molecule has 0 amide bonds. The van der Waals surface area contributed by atoms with Crippen LogP contribution < -0.4 is 22.7 Å². The lowest BCUT2D eigenvalue weighted by molar-refractivity contribution is -0.385. The van der Waals surface area contributed by atoms with E-state index in [9.17, 15) is 72.7 Å². The van der Waals surface area contributed by atoms with Crippen LogP contribution in [0, 0.1) is 45.6 Å². The first kappa shape index (κ1) is 77.9. The predicted molar refractivity (Wildman–Crippen MR) is 368 cm³/mol. The van der Waals surface area contributed by atoms with Gasteiger partial charge in [-0.1, -0.05) is 166 Å². The molecule has 6 aromatic rings. The van der Waals surface area contributed by atoms with Gasteiger partial charge >= 0.3 is 0 Å². The smallest absolute Gasteiger partial charge is 0.283 e. The number of ether oxygens (including phenoxy) is 3. The maximum Gasteiger partial charge on any atom is 0.283 e. The lowest BCUT2D eigenvalue weighted by atomic mass is 9.84. The van der Waals surface area contributed by atoms with Crippen LogP contribution in [0.5, 0.6) is 0 Å². The summed E-state index contributed by atoms with van der Waals surface area (Å²) < 4.78 is 176. The van der Waals surface area contributed by atoms with Crippen LogP contribution in [-0.4, -0.2) is 115 Å². The third-order valence-electron chi connectivity index (χ3n) is 20.3. The largest absolute Gasteiger partial charge is 0.477 e. The Bertz CT molecular complexity index is 4400. The molecule has 0 bridgehead atoms. The number of oxime groups is 1. The van der Waals surface area contributed by atoms with Gasteiger partial charge in [0.2, 0.25) is 0 Å². The molecule has 6 unspecified atom stereocenters. The third kappa shape index (κ3) is 15.0. The van der Waals surface area contributed by atoms with Crippen LogP contribution in [0.4, 0.5) is 58.4 Å². The standard InChI is InChI=1S/C20H16ClF2NO2.C12H10ClF2N3O3.C12H11ClF2N2O.C11H10ClF2NO.C11H12ClF2NO.C5H5F2NO/c21-15-9-5-4-8-13(15)20(19(22)23)14-10-17(14)26-18(24-20)11-16(25)12-6-2-1-3-7-12;13-8-2-1-5(18(19)20)3-6(8)12(10(14)15)7-4-9(7)21-11(16)17-12;13-8-4-2-1-3-6(8)12(10(14)15)7-5-9(7)18-11(16)17-12;12-8-4-2-1-3-6(8)11(10(13)14)7-5-9(7)16-15-11;12-8-4-2-1-3-6(8)11(15,10(13)14)7-5-9(7)16;6-5(7)4-2-1-3(2)9-8-4/h1-9,14,17,19H,10-11H2;1-3,7,9-10H,4H2,(H2,16,17);1-4,7,9-10H,5H2,(H2,16,17);1-4,7,9-10,15H,5H2;1-4,7,9-10,16H,5,15H2;2-3,5H,1H2/t14-,17?,20+;2*7-,9?,12+;7-,9+,11+;7-,9?,11+;/m00000./s1. The number of benzene rings is 6. The number of nitro benzene ring substituents is 1. The summed E-state index contributed by atoms with van der Waals surface area (Å²) in [5.74, 6) is -2.39. The number of aliphatic hydroxyl groups is 1. The summed E-state index contributed by atoms with van der Waals surface area (Å²) in [4.78, 5) is 44.3. The fourth-order valence-electron chi connectivity index (χ4n) is 14.3.